The first-order valence-electron chi connectivity index (χ1n) is 18.0. The van der Waals surface area contributed by atoms with Crippen molar-refractivity contribution < 1.29 is 17.1 Å². The first kappa shape index (κ1) is 52.7. The number of nitrogens with zero attached hydrogens (tertiary/aromatic N) is 11. The minimum absolute atomic E-state index is 0. The molecule has 0 amide bonds. The summed E-state index contributed by atoms with van der Waals surface area (Å²) in [6.07, 6.45) is 25.9. The Bertz CT molecular complexity index is 1440. The molecule has 2 saturated carbocycles. The van der Waals surface area contributed by atoms with Crippen molar-refractivity contribution in [1.29, 1.82) is 5.26 Å². The zero-order valence-corrected chi connectivity index (χ0v) is 32.5. The number of hydrogen-bond donors (Lipinski definition) is 0. The largest absolute Gasteiger partial charge is 2.00 e. The van der Waals surface area contributed by atoms with Crippen LogP contribution in [0, 0.1) is 11.3 Å². The van der Waals surface area contributed by atoms with Crippen molar-refractivity contribution >= 4 is 37.3 Å². The molecule has 56 heavy (non-hydrogen) atoms. The molecule has 0 aromatic carbocycles. The molecule has 2 fully saturated rings. The fraction of sp³-hybridized carbons (Fsp3) is 0.386. The molecule has 4 unspecified atom stereocenters. The average molecular weight is 798 g/mol. The Morgan fingerprint density at radius 3 is 0.875 bits per heavy atom. The maximum absolute atomic E-state index is 7.44. The Morgan fingerprint density at radius 1 is 0.518 bits per heavy atom. The smallest absolute Gasteiger partial charge is 0.814 e. The molecule has 4 aromatic heterocycles. The molecule has 298 valence electrons. The SMILES string of the molecule is C.C.C(=NC1CCCCC1N=Cc1ccccn1)c1ccccn1.C(=NC1CCCCC1N=Cc1ccccn1)c1ccccn1.CC#N.CC=[N-].CC=[N-].[Fe+2]. The van der Waals surface area contributed by atoms with E-state index in [1.807, 2.05) is 97.7 Å². The standard InChI is InChI=1S/2C18H20N4.2C2H4N.C2H3N.2CH4.Fe/c2*1-2-10-18(22-14-16-8-4-6-12-20-16)17(9-1)21-13-15-7-3-5-11-19-15;3*1-2-3;;;/h2*3-8,11-14,17-18H,1-2,9-10H2;2*2H,1H3;1H3;2*1H4;/q;;2*-1;;;;+2. The van der Waals surface area contributed by atoms with Gasteiger partial charge in [0, 0.05) is 56.6 Å². The van der Waals surface area contributed by atoms with Crippen molar-refractivity contribution in [3.05, 3.63) is 131 Å². The van der Waals surface area contributed by atoms with Crippen molar-refractivity contribution in [3.63, 3.8) is 0 Å². The summed E-state index contributed by atoms with van der Waals surface area (Å²) in [6, 6.07) is 26.2. The third-order valence-corrected chi connectivity index (χ3v) is 7.73. The number of rotatable bonds is 8. The van der Waals surface area contributed by atoms with Crippen LogP contribution in [-0.2, 0) is 17.1 Å². The second-order valence-electron chi connectivity index (χ2n) is 11.7. The Kier molecular flexibility index (Phi) is 33.3. The fourth-order valence-corrected chi connectivity index (χ4v) is 5.38. The quantitative estimate of drug-likeness (QED) is 0.127. The predicted octanol–water partition coefficient (Wildman–Crippen LogP) is 9.74. The van der Waals surface area contributed by atoms with Gasteiger partial charge in [-0.05, 0) is 74.2 Å². The monoisotopic (exact) mass is 797 g/mol. The van der Waals surface area contributed by atoms with Crippen molar-refractivity contribution in [3.8, 4) is 6.07 Å². The van der Waals surface area contributed by atoms with E-state index in [1.54, 1.807) is 44.7 Å². The van der Waals surface area contributed by atoms with Gasteiger partial charge in [-0.15, -0.1) is 0 Å². The molecule has 0 N–H and O–H groups in total. The van der Waals surface area contributed by atoms with Gasteiger partial charge in [0.1, 0.15) is 0 Å². The number of hydrogen-bond acceptors (Lipinski definition) is 9. The van der Waals surface area contributed by atoms with E-state index in [4.69, 9.17) is 36.1 Å². The molecule has 4 heterocycles. The Balaban J connectivity index is 0. The first-order valence-corrected chi connectivity index (χ1v) is 18.0. The maximum Gasteiger partial charge on any atom is 2.00 e. The summed E-state index contributed by atoms with van der Waals surface area (Å²) in [6.45, 7) is 4.54. The van der Waals surface area contributed by atoms with Crippen LogP contribution in [0.2, 0.25) is 0 Å². The van der Waals surface area contributed by atoms with E-state index in [1.165, 1.54) is 32.6 Å². The van der Waals surface area contributed by atoms with Crippen molar-refractivity contribution in [2.24, 2.45) is 20.0 Å². The van der Waals surface area contributed by atoms with Crippen LogP contribution in [0.3, 0.4) is 0 Å². The molecule has 0 aliphatic heterocycles. The molecule has 0 radical (unpaired) electrons. The van der Waals surface area contributed by atoms with Gasteiger partial charge >= 0.3 is 17.1 Å². The zero-order chi connectivity index (χ0) is 38.2. The second kappa shape index (κ2) is 35.3. The number of pyridine rings is 4. The first-order chi connectivity index (χ1) is 26.1. The van der Waals surface area contributed by atoms with Gasteiger partial charge in [0.05, 0.1) is 53.0 Å². The predicted molar refractivity (Wildman–Crippen MR) is 234 cm³/mol. The summed E-state index contributed by atoms with van der Waals surface area (Å²) in [7, 11) is 0. The topological polar surface area (TPSA) is 169 Å². The minimum Gasteiger partial charge on any atom is -0.814 e. The molecule has 2 aliphatic rings. The van der Waals surface area contributed by atoms with E-state index < -0.39 is 0 Å². The maximum atomic E-state index is 7.44. The van der Waals surface area contributed by atoms with Gasteiger partial charge in [-0.2, -0.15) is 5.26 Å². The zero-order valence-electron chi connectivity index (χ0n) is 31.4. The molecule has 6 rings (SSSR count). The van der Waals surface area contributed by atoms with E-state index in [-0.39, 0.29) is 56.1 Å². The Morgan fingerprint density at radius 2 is 0.714 bits per heavy atom. The number of aromatic nitrogens is 4. The van der Waals surface area contributed by atoms with Gasteiger partial charge in [-0.25, -0.2) is 12.4 Å². The molecule has 4 atom stereocenters. The van der Waals surface area contributed by atoms with E-state index in [0.717, 1.165) is 60.9 Å². The van der Waals surface area contributed by atoms with Crippen molar-refractivity contribution in [1.82, 2.24) is 19.9 Å². The van der Waals surface area contributed by atoms with Crippen LogP contribution >= 0.6 is 0 Å². The molecule has 0 spiro atoms. The molecule has 2 aliphatic carbocycles. The normalized spacial score (nSPS) is 18.2. The van der Waals surface area contributed by atoms with Gasteiger partial charge in [0.15, 0.2) is 0 Å². The van der Waals surface area contributed by atoms with Crippen LogP contribution in [0.25, 0.3) is 10.8 Å². The molecule has 11 nitrogen and oxygen atoms in total. The summed E-state index contributed by atoms with van der Waals surface area (Å²) in [5, 5.41) is 22.2. The Hall–Kier alpha value is -5.37. The summed E-state index contributed by atoms with van der Waals surface area (Å²) in [5.74, 6) is 0. The van der Waals surface area contributed by atoms with Gasteiger partial charge in [0.25, 0.3) is 0 Å². The second-order valence-corrected chi connectivity index (χ2v) is 11.7. The van der Waals surface area contributed by atoms with Gasteiger partial charge in [-0.1, -0.05) is 78.6 Å². The third-order valence-electron chi connectivity index (χ3n) is 7.73. The van der Waals surface area contributed by atoms with Crippen LogP contribution in [0.5, 0.6) is 0 Å². The minimum atomic E-state index is 0. The third kappa shape index (κ3) is 23.4. The van der Waals surface area contributed by atoms with Crippen LogP contribution in [0.1, 0.15) is 110 Å². The van der Waals surface area contributed by atoms with E-state index in [0.29, 0.717) is 0 Å². The summed E-state index contributed by atoms with van der Waals surface area (Å²) in [4.78, 5) is 36.0. The molecular formula is C44H59FeN11. The van der Waals surface area contributed by atoms with E-state index in [2.05, 4.69) is 19.9 Å². The van der Waals surface area contributed by atoms with Crippen molar-refractivity contribution in [2.45, 2.75) is 111 Å². The molecule has 0 saturated heterocycles. The van der Waals surface area contributed by atoms with E-state index >= 15 is 0 Å². The summed E-state index contributed by atoms with van der Waals surface area (Å²) >= 11 is 0. The Labute approximate surface area is 346 Å². The van der Waals surface area contributed by atoms with Crippen LogP contribution < -0.4 is 0 Å². The summed E-state index contributed by atoms with van der Waals surface area (Å²) < 4.78 is 0. The number of nitriles is 1. The van der Waals surface area contributed by atoms with E-state index in [9.17, 15) is 0 Å². The average Bonchev–Trinajstić information content (AvgIpc) is 3.21. The fourth-order valence-electron chi connectivity index (χ4n) is 5.38. The molecule has 0 bridgehead atoms. The van der Waals surface area contributed by atoms with Gasteiger partial charge in [-0.3, -0.25) is 39.9 Å². The van der Waals surface area contributed by atoms with Gasteiger partial charge < -0.3 is 10.8 Å². The van der Waals surface area contributed by atoms with Crippen LogP contribution in [-0.4, -0.2) is 81.4 Å². The molecule has 4 aromatic rings. The van der Waals surface area contributed by atoms with Crippen LogP contribution in [0.4, 0.5) is 0 Å². The molecule has 12 heteroatoms. The summed E-state index contributed by atoms with van der Waals surface area (Å²) in [5.41, 5.74) is 3.61. The number of aliphatic imine (C=N–C) groups is 4. The van der Waals surface area contributed by atoms with Gasteiger partial charge in [0.2, 0.25) is 0 Å². The van der Waals surface area contributed by atoms with Crippen LogP contribution in [0.15, 0.2) is 118 Å². The van der Waals surface area contributed by atoms with Crippen molar-refractivity contribution in [2.75, 3.05) is 0 Å². The molecular weight excluding hydrogens is 738 g/mol.